The van der Waals surface area contributed by atoms with E-state index in [-0.39, 0.29) is 5.41 Å². The van der Waals surface area contributed by atoms with Crippen LogP contribution in [0.2, 0.25) is 0 Å². The summed E-state index contributed by atoms with van der Waals surface area (Å²) in [4.78, 5) is 7.23. The predicted molar refractivity (Wildman–Crippen MR) is 88.0 cm³/mol. The molecule has 0 aromatic carbocycles. The highest BCUT2D eigenvalue weighted by molar-refractivity contribution is 5.44. The van der Waals surface area contributed by atoms with Gasteiger partial charge in [-0.25, -0.2) is 4.98 Å². The number of pyridine rings is 1. The first kappa shape index (κ1) is 16.2. The molecule has 118 valence electrons. The summed E-state index contributed by atoms with van der Waals surface area (Å²) in [6.45, 7) is 14.3. The second kappa shape index (κ2) is 7.23. The average Bonchev–Trinajstić information content (AvgIpc) is 2.47. The summed E-state index contributed by atoms with van der Waals surface area (Å²) in [5.41, 5.74) is 2.56. The topological polar surface area (TPSA) is 37.4 Å². The monoisotopic (exact) mass is 291 g/mol. The molecule has 2 heterocycles. The molecule has 4 heteroatoms. The lowest BCUT2D eigenvalue weighted by atomic mass is 9.90. The van der Waals surface area contributed by atoms with Crippen molar-refractivity contribution in [3.8, 4) is 0 Å². The molecule has 0 saturated carbocycles. The maximum atomic E-state index is 5.45. The van der Waals surface area contributed by atoms with Crippen molar-refractivity contribution < 1.29 is 4.74 Å². The molecule has 2 rings (SSSR count). The number of rotatable bonds is 5. The fourth-order valence-electron chi connectivity index (χ4n) is 2.42. The molecule has 0 bridgehead atoms. The second-order valence-electron chi connectivity index (χ2n) is 6.75. The van der Waals surface area contributed by atoms with Crippen LogP contribution in [0.15, 0.2) is 12.1 Å². The Balaban J connectivity index is 2.23. The van der Waals surface area contributed by atoms with Gasteiger partial charge in [-0.05, 0) is 30.7 Å². The summed E-state index contributed by atoms with van der Waals surface area (Å²) >= 11 is 0. The molecule has 0 unspecified atom stereocenters. The van der Waals surface area contributed by atoms with E-state index < -0.39 is 0 Å². The van der Waals surface area contributed by atoms with Gasteiger partial charge in [0, 0.05) is 30.7 Å². The van der Waals surface area contributed by atoms with E-state index in [0.29, 0.717) is 0 Å². The molecular weight excluding hydrogens is 262 g/mol. The van der Waals surface area contributed by atoms with Crippen molar-refractivity contribution in [2.45, 2.75) is 46.1 Å². The molecule has 1 aliphatic rings. The van der Waals surface area contributed by atoms with Gasteiger partial charge >= 0.3 is 0 Å². The Kier molecular flexibility index (Phi) is 5.59. The molecule has 1 aromatic rings. The molecule has 0 radical (unpaired) electrons. The molecule has 0 amide bonds. The van der Waals surface area contributed by atoms with E-state index in [1.807, 2.05) is 0 Å². The molecule has 21 heavy (non-hydrogen) atoms. The highest BCUT2D eigenvalue weighted by atomic mass is 16.5. The van der Waals surface area contributed by atoms with Crippen LogP contribution in [-0.4, -0.2) is 37.8 Å². The first-order valence-corrected chi connectivity index (χ1v) is 8.05. The number of anilines is 1. The van der Waals surface area contributed by atoms with E-state index in [1.54, 1.807) is 0 Å². The molecule has 4 nitrogen and oxygen atoms in total. The van der Waals surface area contributed by atoms with Crippen LogP contribution in [0, 0.1) is 0 Å². The molecule has 1 saturated heterocycles. The number of nitrogens with one attached hydrogen (secondary N) is 1. The standard InChI is InChI=1S/C17H29N3O/c1-5-6-18-13-14-11-15(17(2,3)4)19-16(12-14)20-7-9-21-10-8-20/h11-12,18H,5-10,13H2,1-4H3. The third kappa shape index (κ3) is 4.68. The fourth-order valence-corrected chi connectivity index (χ4v) is 2.42. The number of ether oxygens (including phenoxy) is 1. The molecular formula is C17H29N3O. The van der Waals surface area contributed by atoms with E-state index in [1.165, 1.54) is 11.3 Å². The smallest absolute Gasteiger partial charge is 0.129 e. The van der Waals surface area contributed by atoms with E-state index in [9.17, 15) is 0 Å². The van der Waals surface area contributed by atoms with Crippen LogP contribution < -0.4 is 10.2 Å². The quantitative estimate of drug-likeness (QED) is 0.847. The van der Waals surface area contributed by atoms with Gasteiger partial charge in [-0.1, -0.05) is 27.7 Å². The molecule has 0 spiro atoms. The summed E-state index contributed by atoms with van der Waals surface area (Å²) < 4.78 is 5.45. The molecule has 1 N–H and O–H groups in total. The maximum Gasteiger partial charge on any atom is 0.129 e. The number of hydrogen-bond donors (Lipinski definition) is 1. The summed E-state index contributed by atoms with van der Waals surface area (Å²) in [6.07, 6.45) is 1.16. The largest absolute Gasteiger partial charge is 0.378 e. The summed E-state index contributed by atoms with van der Waals surface area (Å²) in [6, 6.07) is 4.47. The normalized spacial score (nSPS) is 16.3. The molecule has 0 aliphatic carbocycles. The Bertz CT molecular complexity index is 448. The Morgan fingerprint density at radius 3 is 2.57 bits per heavy atom. The summed E-state index contributed by atoms with van der Waals surface area (Å²) in [7, 11) is 0. The zero-order valence-electron chi connectivity index (χ0n) is 13.9. The van der Waals surface area contributed by atoms with Crippen molar-refractivity contribution in [2.24, 2.45) is 0 Å². The third-order valence-electron chi connectivity index (χ3n) is 3.73. The molecule has 1 aromatic heterocycles. The molecule has 1 fully saturated rings. The van der Waals surface area contributed by atoms with Gasteiger partial charge in [0.05, 0.1) is 13.2 Å². The lowest BCUT2D eigenvalue weighted by molar-refractivity contribution is 0.122. The minimum absolute atomic E-state index is 0.0712. The van der Waals surface area contributed by atoms with Crippen LogP contribution in [-0.2, 0) is 16.7 Å². The zero-order chi connectivity index (χ0) is 15.3. The van der Waals surface area contributed by atoms with Crippen LogP contribution in [0.3, 0.4) is 0 Å². The van der Waals surface area contributed by atoms with Crippen LogP contribution in [0.1, 0.15) is 45.4 Å². The minimum Gasteiger partial charge on any atom is -0.378 e. The maximum absolute atomic E-state index is 5.45. The Morgan fingerprint density at radius 1 is 1.24 bits per heavy atom. The van der Waals surface area contributed by atoms with Crippen molar-refractivity contribution in [2.75, 3.05) is 37.7 Å². The highest BCUT2D eigenvalue weighted by Crippen LogP contribution is 2.25. The highest BCUT2D eigenvalue weighted by Gasteiger charge is 2.20. The molecule has 0 atom stereocenters. The van der Waals surface area contributed by atoms with Crippen molar-refractivity contribution in [3.63, 3.8) is 0 Å². The van der Waals surface area contributed by atoms with Gasteiger partial charge < -0.3 is 15.0 Å². The lowest BCUT2D eigenvalue weighted by Crippen LogP contribution is -2.37. The number of aromatic nitrogens is 1. The van der Waals surface area contributed by atoms with E-state index in [2.05, 4.69) is 50.0 Å². The predicted octanol–water partition coefficient (Wildman–Crippen LogP) is 2.72. The van der Waals surface area contributed by atoms with Crippen molar-refractivity contribution in [1.29, 1.82) is 0 Å². The number of nitrogens with zero attached hydrogens (tertiary/aromatic N) is 2. The Morgan fingerprint density at radius 2 is 1.95 bits per heavy atom. The van der Waals surface area contributed by atoms with Crippen LogP contribution in [0.5, 0.6) is 0 Å². The van der Waals surface area contributed by atoms with Gasteiger partial charge in [-0.3, -0.25) is 0 Å². The number of morpholine rings is 1. The van der Waals surface area contributed by atoms with Gasteiger partial charge in [0.1, 0.15) is 5.82 Å². The zero-order valence-corrected chi connectivity index (χ0v) is 13.9. The molecule has 1 aliphatic heterocycles. The number of hydrogen-bond acceptors (Lipinski definition) is 4. The summed E-state index contributed by atoms with van der Waals surface area (Å²) in [5.74, 6) is 1.10. The van der Waals surface area contributed by atoms with Crippen LogP contribution in [0.25, 0.3) is 0 Å². The van der Waals surface area contributed by atoms with Gasteiger partial charge in [-0.2, -0.15) is 0 Å². The van der Waals surface area contributed by atoms with Gasteiger partial charge in [0.25, 0.3) is 0 Å². The van der Waals surface area contributed by atoms with Crippen molar-refractivity contribution in [3.05, 3.63) is 23.4 Å². The van der Waals surface area contributed by atoms with E-state index in [0.717, 1.165) is 51.6 Å². The van der Waals surface area contributed by atoms with Crippen LogP contribution in [0.4, 0.5) is 5.82 Å². The van der Waals surface area contributed by atoms with E-state index >= 15 is 0 Å². The Hall–Kier alpha value is -1.13. The van der Waals surface area contributed by atoms with Gasteiger partial charge in [0.15, 0.2) is 0 Å². The van der Waals surface area contributed by atoms with E-state index in [4.69, 9.17) is 9.72 Å². The van der Waals surface area contributed by atoms with Crippen LogP contribution >= 0.6 is 0 Å². The first-order chi connectivity index (χ1) is 10.0. The Labute approximate surface area is 128 Å². The first-order valence-electron chi connectivity index (χ1n) is 8.05. The van der Waals surface area contributed by atoms with Gasteiger partial charge in [0.2, 0.25) is 0 Å². The van der Waals surface area contributed by atoms with Crippen molar-refractivity contribution in [1.82, 2.24) is 10.3 Å². The lowest BCUT2D eigenvalue weighted by Gasteiger charge is -2.30. The SMILES string of the molecule is CCCNCc1cc(N2CCOCC2)nc(C(C)(C)C)c1. The third-order valence-corrected chi connectivity index (χ3v) is 3.73. The average molecular weight is 291 g/mol. The van der Waals surface area contributed by atoms with Gasteiger partial charge in [-0.15, -0.1) is 0 Å². The fraction of sp³-hybridized carbons (Fsp3) is 0.706. The summed E-state index contributed by atoms with van der Waals surface area (Å²) in [5, 5.41) is 3.49. The second-order valence-corrected chi connectivity index (χ2v) is 6.75. The van der Waals surface area contributed by atoms with Crippen molar-refractivity contribution >= 4 is 5.82 Å². The minimum atomic E-state index is 0.0712.